The van der Waals surface area contributed by atoms with Crippen LogP contribution in [-0.4, -0.2) is 34.9 Å². The van der Waals surface area contributed by atoms with Crippen molar-refractivity contribution in [2.75, 3.05) is 13.1 Å². The molecule has 0 aliphatic carbocycles. The molecule has 5 nitrogen and oxygen atoms in total. The van der Waals surface area contributed by atoms with Gasteiger partial charge in [-0.25, -0.2) is 0 Å². The number of benzene rings is 2. The van der Waals surface area contributed by atoms with Crippen LogP contribution >= 0.6 is 0 Å². The van der Waals surface area contributed by atoms with Crippen LogP contribution in [0.4, 0.5) is 0 Å². The molecule has 0 aliphatic heterocycles. The highest BCUT2D eigenvalue weighted by Crippen LogP contribution is 2.25. The van der Waals surface area contributed by atoms with E-state index in [-0.39, 0.29) is 5.91 Å². The van der Waals surface area contributed by atoms with Crippen LogP contribution in [0.2, 0.25) is 0 Å². The van der Waals surface area contributed by atoms with Crippen molar-refractivity contribution in [3.05, 3.63) is 65.9 Å². The summed E-state index contributed by atoms with van der Waals surface area (Å²) >= 11 is 0. The van der Waals surface area contributed by atoms with Crippen molar-refractivity contribution in [2.24, 2.45) is 5.73 Å². The van der Waals surface area contributed by atoms with Gasteiger partial charge >= 0.3 is 0 Å². The van der Waals surface area contributed by atoms with Gasteiger partial charge in [-0.3, -0.25) is 4.79 Å². The molecule has 3 aromatic rings. The van der Waals surface area contributed by atoms with E-state index in [1.54, 1.807) is 0 Å². The molecular weight excluding hydrogens is 410 g/mol. The van der Waals surface area contributed by atoms with Gasteiger partial charge in [-0.1, -0.05) is 69.9 Å². The molecule has 1 aromatic heterocycles. The number of hydrogen-bond donors (Lipinski definition) is 2. The molecule has 0 radical (unpaired) electrons. The normalized spacial score (nSPS) is 12.1. The molecule has 178 valence electrons. The van der Waals surface area contributed by atoms with Crippen molar-refractivity contribution in [3.8, 4) is 5.75 Å². The van der Waals surface area contributed by atoms with E-state index in [0.717, 1.165) is 79.4 Å². The van der Waals surface area contributed by atoms with Gasteiger partial charge in [-0.2, -0.15) is 0 Å². The molecule has 1 heterocycles. The number of rotatable bonds is 14. The average Bonchev–Trinajstić information content (AvgIpc) is 3.24. The zero-order valence-electron chi connectivity index (χ0n) is 20.2. The van der Waals surface area contributed by atoms with Gasteiger partial charge in [0.15, 0.2) is 0 Å². The molecule has 0 spiro atoms. The third kappa shape index (κ3) is 7.36. The summed E-state index contributed by atoms with van der Waals surface area (Å²) in [5.74, 6) is 0.876. The number of fused-ring (bicyclic) bond motifs is 1. The fraction of sp³-hybridized carbons (Fsp3) is 0.464. The minimum Gasteiger partial charge on any atom is -0.489 e. The smallest absolute Gasteiger partial charge is 0.239 e. The zero-order valence-corrected chi connectivity index (χ0v) is 20.2. The highest BCUT2D eigenvalue weighted by molar-refractivity contribution is 5.87. The molecule has 33 heavy (non-hydrogen) atoms. The Morgan fingerprint density at radius 2 is 1.70 bits per heavy atom. The van der Waals surface area contributed by atoms with E-state index in [4.69, 9.17) is 10.5 Å². The van der Waals surface area contributed by atoms with E-state index in [0.29, 0.717) is 13.0 Å². The number of amides is 1. The minimum absolute atomic E-state index is 0.0630. The first-order valence-electron chi connectivity index (χ1n) is 12.4. The number of H-pyrrole nitrogens is 1. The van der Waals surface area contributed by atoms with Gasteiger partial charge in [0.25, 0.3) is 0 Å². The lowest BCUT2D eigenvalue weighted by molar-refractivity contribution is -0.132. The molecule has 3 N–H and O–H groups in total. The van der Waals surface area contributed by atoms with E-state index < -0.39 is 6.04 Å². The Labute approximate surface area is 198 Å². The van der Waals surface area contributed by atoms with E-state index in [1.807, 2.05) is 47.5 Å². The molecule has 0 saturated carbocycles. The third-order valence-corrected chi connectivity index (χ3v) is 6.12. The number of carbonyl (C=O) groups is 1. The summed E-state index contributed by atoms with van der Waals surface area (Å²) in [6, 6.07) is 15.6. The Morgan fingerprint density at radius 1 is 1.00 bits per heavy atom. The number of ether oxygens (including phenoxy) is 1. The molecule has 1 unspecified atom stereocenters. The van der Waals surface area contributed by atoms with Crippen LogP contribution in [0.1, 0.15) is 63.5 Å². The number of hydrogen-bond acceptors (Lipinski definition) is 3. The topological polar surface area (TPSA) is 71.3 Å². The van der Waals surface area contributed by atoms with Crippen LogP contribution in [0, 0.1) is 0 Å². The first-order valence-corrected chi connectivity index (χ1v) is 12.4. The van der Waals surface area contributed by atoms with Crippen LogP contribution in [0.25, 0.3) is 10.9 Å². The number of nitrogens with zero attached hydrogens (tertiary/aromatic N) is 1. The van der Waals surface area contributed by atoms with Crippen molar-refractivity contribution in [1.82, 2.24) is 9.88 Å². The van der Waals surface area contributed by atoms with Gasteiger partial charge in [0.05, 0.1) is 6.04 Å². The lowest BCUT2D eigenvalue weighted by Crippen LogP contribution is -2.45. The van der Waals surface area contributed by atoms with Gasteiger partial charge in [-0.05, 0) is 48.6 Å². The second-order valence-electron chi connectivity index (χ2n) is 8.85. The van der Waals surface area contributed by atoms with Gasteiger partial charge in [0.2, 0.25) is 5.91 Å². The number of nitrogens with one attached hydrogen (secondary N) is 1. The molecular formula is C28H39N3O2. The number of aromatic nitrogens is 1. The van der Waals surface area contributed by atoms with Gasteiger partial charge in [0.1, 0.15) is 12.4 Å². The van der Waals surface area contributed by atoms with E-state index in [2.05, 4.69) is 31.0 Å². The monoisotopic (exact) mass is 449 g/mol. The van der Waals surface area contributed by atoms with Gasteiger partial charge in [-0.15, -0.1) is 0 Å². The maximum Gasteiger partial charge on any atom is 0.239 e. The summed E-state index contributed by atoms with van der Waals surface area (Å²) in [4.78, 5) is 18.5. The predicted octanol–water partition coefficient (Wildman–Crippen LogP) is 5.83. The van der Waals surface area contributed by atoms with Crippen LogP contribution in [0.3, 0.4) is 0 Å². The molecule has 5 heteroatoms. The van der Waals surface area contributed by atoms with Crippen molar-refractivity contribution in [2.45, 2.75) is 71.4 Å². The molecule has 0 saturated heterocycles. The van der Waals surface area contributed by atoms with Crippen LogP contribution in [0.15, 0.2) is 54.7 Å². The van der Waals surface area contributed by atoms with E-state index >= 15 is 0 Å². The summed E-state index contributed by atoms with van der Waals surface area (Å²) in [7, 11) is 0. The predicted molar refractivity (Wildman–Crippen MR) is 136 cm³/mol. The van der Waals surface area contributed by atoms with Crippen molar-refractivity contribution in [1.29, 1.82) is 0 Å². The molecule has 3 rings (SSSR count). The van der Waals surface area contributed by atoms with Gasteiger partial charge in [0, 0.05) is 30.2 Å². The Hall–Kier alpha value is -2.79. The maximum atomic E-state index is 13.2. The Kier molecular flexibility index (Phi) is 9.82. The molecule has 0 aliphatic rings. The molecule has 1 atom stereocenters. The standard InChI is InChI=1S/C28H39N3O2/c1-3-5-10-16-31(17-11-6-4-2)28(32)26(29)18-23-20-30-27-15-14-24(19-25(23)27)33-21-22-12-8-7-9-13-22/h7-9,12-15,19-20,26,30H,3-6,10-11,16-18,21,29H2,1-2H3. The second kappa shape index (κ2) is 13.0. The molecule has 2 aromatic carbocycles. The first kappa shape index (κ1) is 24.8. The minimum atomic E-state index is -0.541. The number of aromatic amines is 1. The summed E-state index contributed by atoms with van der Waals surface area (Å²) in [5.41, 5.74) is 9.66. The third-order valence-electron chi connectivity index (χ3n) is 6.12. The quantitative estimate of drug-likeness (QED) is 0.304. The van der Waals surface area contributed by atoms with E-state index in [9.17, 15) is 4.79 Å². The maximum absolute atomic E-state index is 13.2. The average molecular weight is 450 g/mol. The summed E-state index contributed by atoms with van der Waals surface area (Å²) in [6.07, 6.45) is 9.13. The summed E-state index contributed by atoms with van der Waals surface area (Å²) < 4.78 is 6.00. The fourth-order valence-electron chi connectivity index (χ4n) is 4.15. The number of carbonyl (C=O) groups excluding carboxylic acids is 1. The lowest BCUT2D eigenvalue weighted by Gasteiger charge is -2.26. The van der Waals surface area contributed by atoms with Crippen LogP contribution in [-0.2, 0) is 17.8 Å². The largest absolute Gasteiger partial charge is 0.489 e. The van der Waals surface area contributed by atoms with Crippen LogP contribution < -0.4 is 10.5 Å². The zero-order chi connectivity index (χ0) is 23.5. The van der Waals surface area contributed by atoms with Crippen LogP contribution in [0.5, 0.6) is 5.75 Å². The molecule has 0 fully saturated rings. The second-order valence-corrected chi connectivity index (χ2v) is 8.85. The Bertz CT molecular complexity index is 973. The van der Waals surface area contributed by atoms with Crippen molar-refractivity contribution in [3.63, 3.8) is 0 Å². The number of unbranched alkanes of at least 4 members (excludes halogenated alkanes) is 4. The van der Waals surface area contributed by atoms with Gasteiger partial charge < -0.3 is 20.4 Å². The molecule has 1 amide bonds. The van der Waals surface area contributed by atoms with Crippen molar-refractivity contribution < 1.29 is 9.53 Å². The Balaban J connectivity index is 1.66. The fourth-order valence-corrected chi connectivity index (χ4v) is 4.15. The Morgan fingerprint density at radius 3 is 2.36 bits per heavy atom. The highest BCUT2D eigenvalue weighted by atomic mass is 16.5. The molecule has 0 bridgehead atoms. The lowest BCUT2D eigenvalue weighted by atomic mass is 10.0. The van der Waals surface area contributed by atoms with Crippen molar-refractivity contribution >= 4 is 16.8 Å². The summed E-state index contributed by atoms with van der Waals surface area (Å²) in [6.45, 7) is 6.49. The number of nitrogens with two attached hydrogens (primary N) is 1. The highest BCUT2D eigenvalue weighted by Gasteiger charge is 2.22. The summed E-state index contributed by atoms with van der Waals surface area (Å²) in [5, 5.41) is 1.06. The van der Waals surface area contributed by atoms with E-state index in [1.165, 1.54) is 0 Å². The first-order chi connectivity index (χ1) is 16.1. The SMILES string of the molecule is CCCCCN(CCCCC)C(=O)C(N)Cc1c[nH]c2ccc(OCc3ccccc3)cc12.